The van der Waals surface area contributed by atoms with Gasteiger partial charge in [-0.2, -0.15) is 0 Å². The second kappa shape index (κ2) is 5.65. The lowest BCUT2D eigenvalue weighted by Gasteiger charge is -2.30. The highest BCUT2D eigenvalue weighted by molar-refractivity contribution is 6.01. The highest BCUT2D eigenvalue weighted by Crippen LogP contribution is 2.18. The number of carboxylic acid groups (broad SMARTS) is 1. The fourth-order valence-electron chi connectivity index (χ4n) is 2.24. The molecule has 0 radical (unpaired) electrons. The van der Waals surface area contributed by atoms with E-state index in [1.165, 1.54) is 0 Å². The van der Waals surface area contributed by atoms with Gasteiger partial charge in [-0.15, -0.1) is 0 Å². The van der Waals surface area contributed by atoms with Crippen molar-refractivity contribution in [1.82, 2.24) is 4.90 Å². The van der Waals surface area contributed by atoms with Crippen molar-refractivity contribution in [3.8, 4) is 0 Å². The highest BCUT2D eigenvalue weighted by atomic mass is 16.4. The van der Waals surface area contributed by atoms with E-state index in [0.717, 1.165) is 10.5 Å². The zero-order valence-electron chi connectivity index (χ0n) is 10.4. The van der Waals surface area contributed by atoms with Crippen LogP contribution in [0.3, 0.4) is 0 Å². The third kappa shape index (κ3) is 2.99. The maximum atomic E-state index is 11.8. The lowest BCUT2D eigenvalue weighted by Crippen LogP contribution is -2.51. The lowest BCUT2D eigenvalue weighted by molar-refractivity contribution is -0.160. The Labute approximate surface area is 110 Å². The summed E-state index contributed by atoms with van der Waals surface area (Å²) in [7, 11) is 0. The van der Waals surface area contributed by atoms with Gasteiger partial charge in [0.15, 0.2) is 0 Å². The smallest absolute Gasteiger partial charge is 0.327 e. The first kappa shape index (κ1) is 13.3. The van der Waals surface area contributed by atoms with E-state index in [9.17, 15) is 19.5 Å². The van der Waals surface area contributed by atoms with Crippen molar-refractivity contribution < 1.29 is 19.5 Å². The summed E-state index contributed by atoms with van der Waals surface area (Å²) in [6, 6.07) is 7.89. The van der Waals surface area contributed by atoms with Crippen LogP contribution in [0.4, 0.5) is 0 Å². The number of imide groups is 1. The Morgan fingerprint density at radius 1 is 1.16 bits per heavy atom. The van der Waals surface area contributed by atoms with Gasteiger partial charge in [0.2, 0.25) is 11.8 Å². The number of carbonyl (C=O) groups is 3. The van der Waals surface area contributed by atoms with Crippen LogP contribution in [0.15, 0.2) is 30.3 Å². The summed E-state index contributed by atoms with van der Waals surface area (Å²) in [5, 5.41) is 9.28. The second-order valence-electron chi connectivity index (χ2n) is 4.55. The summed E-state index contributed by atoms with van der Waals surface area (Å²) in [4.78, 5) is 35.8. The number of piperidine rings is 1. The summed E-state index contributed by atoms with van der Waals surface area (Å²) < 4.78 is 0. The number of benzene rings is 1. The molecular formula is C14H15NO4. The van der Waals surface area contributed by atoms with Gasteiger partial charge in [0, 0.05) is 19.3 Å². The van der Waals surface area contributed by atoms with Gasteiger partial charge < -0.3 is 5.11 Å². The molecule has 1 N–H and O–H groups in total. The van der Waals surface area contributed by atoms with Crippen molar-refractivity contribution in [3.05, 3.63) is 35.9 Å². The third-order valence-electron chi connectivity index (χ3n) is 3.19. The Kier molecular flexibility index (Phi) is 3.94. The summed E-state index contributed by atoms with van der Waals surface area (Å²) >= 11 is 0. The summed E-state index contributed by atoms with van der Waals surface area (Å²) in [5.74, 6) is -1.92. The fourth-order valence-corrected chi connectivity index (χ4v) is 2.24. The standard InChI is InChI=1S/C14H15NO4/c16-12-7-4-8-13(17)15(12)11(14(18)19)9-10-5-2-1-3-6-10/h1-3,5-6,11H,4,7-9H2,(H,18,19). The van der Waals surface area contributed by atoms with Crippen molar-refractivity contribution in [1.29, 1.82) is 0 Å². The number of aliphatic carboxylic acids is 1. The molecule has 2 rings (SSSR count). The molecule has 100 valence electrons. The first-order valence-corrected chi connectivity index (χ1v) is 6.21. The van der Waals surface area contributed by atoms with E-state index < -0.39 is 12.0 Å². The van der Waals surface area contributed by atoms with Crippen LogP contribution in [-0.4, -0.2) is 33.8 Å². The van der Waals surface area contributed by atoms with Crippen LogP contribution in [0.2, 0.25) is 0 Å². The van der Waals surface area contributed by atoms with Gasteiger partial charge in [-0.25, -0.2) is 4.79 Å². The molecule has 19 heavy (non-hydrogen) atoms. The molecule has 5 nitrogen and oxygen atoms in total. The first-order valence-electron chi connectivity index (χ1n) is 6.21. The molecule has 1 saturated heterocycles. The number of rotatable bonds is 4. The molecule has 0 saturated carbocycles. The lowest BCUT2D eigenvalue weighted by atomic mass is 10.0. The minimum Gasteiger partial charge on any atom is -0.480 e. The number of hydrogen-bond donors (Lipinski definition) is 1. The molecule has 1 aromatic rings. The van der Waals surface area contributed by atoms with Crippen LogP contribution in [0.5, 0.6) is 0 Å². The van der Waals surface area contributed by atoms with Crippen molar-refractivity contribution >= 4 is 17.8 Å². The number of nitrogens with zero attached hydrogens (tertiary/aromatic N) is 1. The molecule has 0 aromatic heterocycles. The Bertz CT molecular complexity index is 481. The van der Waals surface area contributed by atoms with E-state index in [0.29, 0.717) is 6.42 Å². The van der Waals surface area contributed by atoms with Gasteiger partial charge in [0.25, 0.3) is 0 Å². The van der Waals surface area contributed by atoms with E-state index in [4.69, 9.17) is 0 Å². The Morgan fingerprint density at radius 2 is 1.74 bits per heavy atom. The third-order valence-corrected chi connectivity index (χ3v) is 3.19. The molecular weight excluding hydrogens is 246 g/mol. The molecule has 1 aromatic carbocycles. The van der Waals surface area contributed by atoms with Gasteiger partial charge in [0.1, 0.15) is 6.04 Å². The van der Waals surface area contributed by atoms with Crippen LogP contribution < -0.4 is 0 Å². The van der Waals surface area contributed by atoms with Gasteiger partial charge in [-0.1, -0.05) is 30.3 Å². The average molecular weight is 261 g/mol. The molecule has 1 aliphatic rings. The van der Waals surface area contributed by atoms with E-state index in [2.05, 4.69) is 0 Å². The van der Waals surface area contributed by atoms with Gasteiger partial charge in [0.05, 0.1) is 0 Å². The summed E-state index contributed by atoms with van der Waals surface area (Å²) in [6.45, 7) is 0. The SMILES string of the molecule is O=C(O)C(Cc1ccccc1)N1C(=O)CCCC1=O. The quantitative estimate of drug-likeness (QED) is 0.827. The predicted octanol–water partition coefficient (Wildman–Crippen LogP) is 1.22. The molecule has 0 bridgehead atoms. The molecule has 0 spiro atoms. The van der Waals surface area contributed by atoms with E-state index in [-0.39, 0.29) is 31.1 Å². The number of carboxylic acids is 1. The van der Waals surface area contributed by atoms with Gasteiger partial charge in [-0.05, 0) is 12.0 Å². The van der Waals surface area contributed by atoms with Crippen molar-refractivity contribution in [2.45, 2.75) is 31.7 Å². The maximum absolute atomic E-state index is 11.8. The van der Waals surface area contributed by atoms with Crippen LogP contribution >= 0.6 is 0 Å². The van der Waals surface area contributed by atoms with Gasteiger partial charge in [-0.3, -0.25) is 14.5 Å². The Morgan fingerprint density at radius 3 is 2.26 bits per heavy atom. The first-order chi connectivity index (χ1) is 9.09. The zero-order chi connectivity index (χ0) is 13.8. The van der Waals surface area contributed by atoms with E-state index >= 15 is 0 Å². The summed E-state index contributed by atoms with van der Waals surface area (Å²) in [5.41, 5.74) is 0.793. The predicted molar refractivity (Wildman–Crippen MR) is 67.3 cm³/mol. The van der Waals surface area contributed by atoms with Crippen LogP contribution in [-0.2, 0) is 20.8 Å². The average Bonchev–Trinajstić information content (AvgIpc) is 2.38. The number of hydrogen-bond acceptors (Lipinski definition) is 3. The van der Waals surface area contributed by atoms with Crippen LogP contribution in [0.25, 0.3) is 0 Å². The Hall–Kier alpha value is -2.17. The molecule has 1 aliphatic heterocycles. The number of carbonyl (C=O) groups excluding carboxylic acids is 2. The number of amides is 2. The fraction of sp³-hybridized carbons (Fsp3) is 0.357. The maximum Gasteiger partial charge on any atom is 0.327 e. The largest absolute Gasteiger partial charge is 0.480 e. The highest BCUT2D eigenvalue weighted by Gasteiger charge is 2.36. The minimum absolute atomic E-state index is 0.146. The molecule has 2 amide bonds. The molecule has 5 heteroatoms. The second-order valence-corrected chi connectivity index (χ2v) is 4.55. The van der Waals surface area contributed by atoms with Crippen LogP contribution in [0, 0.1) is 0 Å². The topological polar surface area (TPSA) is 74.7 Å². The molecule has 1 heterocycles. The molecule has 0 aliphatic carbocycles. The monoisotopic (exact) mass is 261 g/mol. The van der Waals surface area contributed by atoms with Crippen molar-refractivity contribution in [3.63, 3.8) is 0 Å². The molecule has 1 fully saturated rings. The van der Waals surface area contributed by atoms with Crippen molar-refractivity contribution in [2.75, 3.05) is 0 Å². The zero-order valence-corrected chi connectivity index (χ0v) is 10.4. The molecule has 1 unspecified atom stereocenters. The van der Waals surface area contributed by atoms with E-state index in [1.54, 1.807) is 24.3 Å². The summed E-state index contributed by atoms with van der Waals surface area (Å²) in [6.07, 6.45) is 1.13. The minimum atomic E-state index is -1.15. The number of likely N-dealkylation sites (tertiary alicyclic amines) is 1. The normalized spacial score (nSPS) is 17.4. The van der Waals surface area contributed by atoms with E-state index in [1.807, 2.05) is 6.07 Å². The molecule has 1 atom stereocenters. The van der Waals surface area contributed by atoms with Crippen molar-refractivity contribution in [2.24, 2.45) is 0 Å². The Balaban J connectivity index is 2.22. The van der Waals surface area contributed by atoms with Gasteiger partial charge >= 0.3 is 5.97 Å². The van der Waals surface area contributed by atoms with Crippen LogP contribution in [0.1, 0.15) is 24.8 Å².